The van der Waals surface area contributed by atoms with Crippen molar-refractivity contribution >= 4 is 20.0 Å². The maximum atomic E-state index is 13.6. The minimum Gasteiger partial charge on any atom is -0.206 e. The van der Waals surface area contributed by atoms with Crippen molar-refractivity contribution in [1.29, 1.82) is 0 Å². The smallest absolute Gasteiger partial charge is 0.206 e. The molecule has 0 bridgehead atoms. The number of hydrogen-bond donors (Lipinski definition) is 0. The Morgan fingerprint density at radius 2 is 1.10 bits per heavy atom. The summed E-state index contributed by atoms with van der Waals surface area (Å²) in [5.74, 6) is 2.36. The van der Waals surface area contributed by atoms with Crippen LogP contribution < -0.4 is 0 Å². The molecule has 3 rings (SSSR count). The van der Waals surface area contributed by atoms with Gasteiger partial charge in [-0.1, -0.05) is 75.4 Å². The molecule has 30 heavy (non-hydrogen) atoms. The second-order valence-electron chi connectivity index (χ2n) is 6.84. The van der Waals surface area contributed by atoms with E-state index in [4.69, 9.17) is 6.42 Å². The van der Waals surface area contributed by atoms with Crippen molar-refractivity contribution in [2.24, 2.45) is 0 Å². The largest absolute Gasteiger partial charge is 0.257 e. The van der Waals surface area contributed by atoms with Gasteiger partial charge >= 0.3 is 0 Å². The molecular weight excluding hydrogens is 418 g/mol. The van der Waals surface area contributed by atoms with Crippen LogP contribution in [0.5, 0.6) is 0 Å². The van der Waals surface area contributed by atoms with Gasteiger partial charge in [0, 0.05) is 0 Å². The van der Waals surface area contributed by atoms with E-state index in [2.05, 4.69) is 5.92 Å². The monoisotopic (exact) mass is 439 g/mol. The molecule has 0 spiro atoms. The fourth-order valence-corrected chi connectivity index (χ4v) is 6.79. The van der Waals surface area contributed by atoms with Gasteiger partial charge in [-0.3, -0.25) is 0 Å². The van der Waals surface area contributed by atoms with Crippen molar-refractivity contribution in [2.45, 2.75) is 29.7 Å². The zero-order valence-electron chi connectivity index (χ0n) is 16.6. The van der Waals surface area contributed by atoms with Crippen LogP contribution in [-0.2, 0) is 20.0 Å². The average Bonchev–Trinajstić information content (AvgIpc) is 2.72. The summed E-state index contributed by atoms with van der Waals surface area (Å²) in [5, 5.41) is 0. The molecule has 0 amide bonds. The van der Waals surface area contributed by atoms with Gasteiger partial charge < -0.3 is 0 Å². The number of sulfonamides is 2. The Morgan fingerprint density at radius 3 is 1.47 bits per heavy atom. The lowest BCUT2D eigenvalue weighted by Crippen LogP contribution is -2.39. The average molecular weight is 440 g/mol. The highest BCUT2D eigenvalue weighted by atomic mass is 32.3. The Hall–Kier alpha value is -2.92. The van der Waals surface area contributed by atoms with E-state index < -0.39 is 26.1 Å². The molecule has 5 nitrogen and oxygen atoms in total. The van der Waals surface area contributed by atoms with Gasteiger partial charge in [-0.15, -0.1) is 6.42 Å². The van der Waals surface area contributed by atoms with Crippen LogP contribution in [0.25, 0.3) is 0 Å². The third-order valence-electron chi connectivity index (χ3n) is 4.60. The summed E-state index contributed by atoms with van der Waals surface area (Å²) in [6.07, 6.45) is 5.68. The maximum absolute atomic E-state index is 13.6. The van der Waals surface area contributed by atoms with E-state index in [1.165, 1.54) is 24.3 Å². The Morgan fingerprint density at radius 1 is 0.700 bits per heavy atom. The molecule has 0 saturated heterocycles. The zero-order valence-corrected chi connectivity index (χ0v) is 18.2. The first-order chi connectivity index (χ1) is 14.2. The van der Waals surface area contributed by atoms with E-state index >= 15 is 0 Å². The first kappa shape index (κ1) is 21.8. The lowest BCUT2D eigenvalue weighted by Gasteiger charge is -2.27. The summed E-state index contributed by atoms with van der Waals surface area (Å²) in [5.41, 5.74) is 2.07. The second-order valence-corrected chi connectivity index (χ2v) is 10.7. The summed E-state index contributed by atoms with van der Waals surface area (Å²) in [6.45, 7) is 3.62. The number of rotatable bonds is 6. The van der Waals surface area contributed by atoms with E-state index in [0.29, 0.717) is 9.27 Å². The minimum absolute atomic E-state index is 0.153. The van der Waals surface area contributed by atoms with Crippen LogP contribution in [-0.4, -0.2) is 20.5 Å². The molecule has 3 aromatic carbocycles. The van der Waals surface area contributed by atoms with Crippen LogP contribution in [0.1, 0.15) is 22.7 Å². The molecule has 7 heteroatoms. The highest BCUT2D eigenvalue weighted by Crippen LogP contribution is 2.34. The molecule has 1 unspecified atom stereocenters. The van der Waals surface area contributed by atoms with Crippen LogP contribution in [0.3, 0.4) is 0 Å². The van der Waals surface area contributed by atoms with Crippen LogP contribution >= 0.6 is 0 Å². The molecule has 0 aromatic heterocycles. The van der Waals surface area contributed by atoms with Crippen molar-refractivity contribution in [2.75, 3.05) is 0 Å². The fraction of sp³-hybridized carbons (Fsp3) is 0.130. The lowest BCUT2D eigenvalue weighted by molar-refractivity contribution is 0.474. The topological polar surface area (TPSA) is 71.5 Å². The van der Waals surface area contributed by atoms with Crippen LogP contribution in [0.15, 0.2) is 88.7 Å². The molecule has 1 atom stereocenters. The van der Waals surface area contributed by atoms with E-state index in [1.807, 2.05) is 13.8 Å². The van der Waals surface area contributed by atoms with Gasteiger partial charge in [0.2, 0.25) is 0 Å². The Balaban J connectivity index is 2.27. The predicted octanol–water partition coefficient (Wildman–Crippen LogP) is 4.06. The number of aryl methyl sites for hydroxylation is 2. The van der Waals surface area contributed by atoms with Crippen molar-refractivity contribution < 1.29 is 16.8 Å². The van der Waals surface area contributed by atoms with E-state index in [-0.39, 0.29) is 9.79 Å². The Labute approximate surface area is 178 Å². The molecule has 3 aromatic rings. The molecule has 0 saturated carbocycles. The van der Waals surface area contributed by atoms with E-state index in [9.17, 15) is 16.8 Å². The predicted molar refractivity (Wildman–Crippen MR) is 117 cm³/mol. The molecular formula is C23H21NO4S2. The van der Waals surface area contributed by atoms with Crippen molar-refractivity contribution in [3.63, 3.8) is 0 Å². The third-order valence-corrected chi connectivity index (χ3v) is 8.88. The number of benzene rings is 3. The number of terminal acetylenes is 1. The van der Waals surface area contributed by atoms with Gasteiger partial charge in [0.05, 0.1) is 9.79 Å². The summed E-state index contributed by atoms with van der Waals surface area (Å²) < 4.78 is 54.7. The Kier molecular flexibility index (Phi) is 6.13. The SMILES string of the molecule is C#CC(c1ccccc1)N(S(=O)(=O)c1ccc(C)cc1)S(=O)(=O)c1ccc(C)cc1. The second kappa shape index (κ2) is 8.44. The van der Waals surface area contributed by atoms with Gasteiger partial charge in [0.1, 0.15) is 6.04 Å². The zero-order chi connectivity index (χ0) is 21.9. The minimum atomic E-state index is -4.49. The van der Waals surface area contributed by atoms with Gasteiger partial charge in [-0.2, -0.15) is 0 Å². The van der Waals surface area contributed by atoms with Crippen LogP contribution in [0, 0.1) is 26.2 Å². The van der Waals surface area contributed by atoms with Gasteiger partial charge in [0.15, 0.2) is 0 Å². The molecule has 0 fully saturated rings. The van der Waals surface area contributed by atoms with Crippen molar-refractivity contribution in [3.05, 3.63) is 95.6 Å². The molecule has 0 aliphatic heterocycles. The molecule has 0 radical (unpaired) electrons. The van der Waals surface area contributed by atoms with Crippen LogP contribution in [0.4, 0.5) is 0 Å². The molecule has 0 N–H and O–H groups in total. The maximum Gasteiger partial charge on any atom is 0.257 e. The quantitative estimate of drug-likeness (QED) is 0.543. The third kappa shape index (κ3) is 4.17. The van der Waals surface area contributed by atoms with Gasteiger partial charge in [-0.25, -0.2) is 16.8 Å². The van der Waals surface area contributed by atoms with E-state index in [0.717, 1.165) is 11.1 Å². The van der Waals surface area contributed by atoms with Gasteiger partial charge in [-0.05, 0) is 43.7 Å². The molecule has 0 aliphatic carbocycles. The highest BCUT2D eigenvalue weighted by molar-refractivity contribution is 8.04. The standard InChI is InChI=1S/C23H21NO4S2/c1-4-23(20-8-6-5-7-9-20)24(29(25,26)21-14-10-18(2)11-15-21)30(27,28)22-16-12-19(3)13-17-22/h1,5-17,23H,2-3H3. The fourth-order valence-electron chi connectivity index (χ4n) is 2.95. The molecule has 154 valence electrons. The van der Waals surface area contributed by atoms with Crippen molar-refractivity contribution in [1.82, 2.24) is 3.71 Å². The molecule has 0 aliphatic rings. The summed E-state index contributed by atoms with van der Waals surface area (Å²) in [4.78, 5) is -0.306. The van der Waals surface area contributed by atoms with Crippen LogP contribution in [0.2, 0.25) is 0 Å². The lowest BCUT2D eigenvalue weighted by atomic mass is 10.1. The summed E-state index contributed by atoms with van der Waals surface area (Å²) in [6, 6.07) is 18.9. The summed E-state index contributed by atoms with van der Waals surface area (Å²) >= 11 is 0. The van der Waals surface area contributed by atoms with Gasteiger partial charge in [0.25, 0.3) is 20.0 Å². The number of hydrogen-bond acceptors (Lipinski definition) is 4. The first-order valence-corrected chi connectivity index (χ1v) is 12.0. The Bertz CT molecular complexity index is 1200. The summed E-state index contributed by atoms with van der Waals surface area (Å²) in [7, 11) is -8.98. The molecule has 0 heterocycles. The van der Waals surface area contributed by atoms with Crippen molar-refractivity contribution in [3.8, 4) is 12.3 Å². The normalized spacial score (nSPS) is 13.0. The first-order valence-electron chi connectivity index (χ1n) is 9.12. The highest BCUT2D eigenvalue weighted by Gasteiger charge is 2.42. The number of nitrogens with zero attached hydrogens (tertiary/aromatic N) is 1. The van der Waals surface area contributed by atoms with E-state index in [1.54, 1.807) is 54.6 Å².